The van der Waals surface area contributed by atoms with E-state index >= 15 is 0 Å². The first-order chi connectivity index (χ1) is 13.2. The molecular formula is C21H29BN3O3. The highest BCUT2D eigenvalue weighted by atomic mass is 16.5. The van der Waals surface area contributed by atoms with Gasteiger partial charge in [-0.1, -0.05) is 30.3 Å². The van der Waals surface area contributed by atoms with Gasteiger partial charge in [-0.15, -0.1) is 0 Å². The molecule has 0 saturated heterocycles. The molecule has 2 N–H and O–H groups in total. The van der Waals surface area contributed by atoms with Crippen molar-refractivity contribution < 1.29 is 14.2 Å². The van der Waals surface area contributed by atoms with Crippen LogP contribution in [0.1, 0.15) is 34.6 Å². The van der Waals surface area contributed by atoms with E-state index in [4.69, 9.17) is 9.39 Å². The van der Waals surface area contributed by atoms with Crippen LogP contribution in [-0.4, -0.2) is 43.4 Å². The van der Waals surface area contributed by atoms with Crippen molar-refractivity contribution in [3.8, 4) is 11.1 Å². The number of urea groups is 1. The molecule has 2 aromatic rings. The molecule has 0 saturated carbocycles. The standard InChI is InChI=1S/C21H29BN3O3/c1-7-23-19(26)25-18-13-16(15-11-9-8-10-12-15)17(14-24-18)22-28-21(4,5)20(2,3)27-6/h8-14H,7H2,1-6H3,(H2,23,24,25,26). The molecule has 0 aliphatic heterocycles. The molecule has 149 valence electrons. The number of carbonyl (C=O) groups is 1. The molecule has 6 nitrogen and oxygen atoms in total. The summed E-state index contributed by atoms with van der Waals surface area (Å²) in [7, 11) is 3.37. The molecule has 2 amide bonds. The number of rotatable bonds is 8. The molecule has 1 aromatic carbocycles. The Labute approximate surface area is 168 Å². The topological polar surface area (TPSA) is 72.5 Å². The molecule has 7 heteroatoms. The zero-order valence-corrected chi connectivity index (χ0v) is 17.5. The van der Waals surface area contributed by atoms with E-state index in [9.17, 15) is 4.79 Å². The lowest BCUT2D eigenvalue weighted by molar-refractivity contribution is -0.114. The SMILES string of the molecule is CCNC(=O)Nc1cc(-c2ccccc2)c([B]OC(C)(C)C(C)(C)OC)cn1. The summed E-state index contributed by atoms with van der Waals surface area (Å²) in [4.78, 5) is 16.2. The fraction of sp³-hybridized carbons (Fsp3) is 0.429. The minimum atomic E-state index is -0.562. The monoisotopic (exact) mass is 382 g/mol. The Balaban J connectivity index is 2.32. The number of hydrogen-bond donors (Lipinski definition) is 2. The summed E-state index contributed by atoms with van der Waals surface area (Å²) in [6.07, 6.45) is 1.69. The molecule has 1 radical (unpaired) electrons. The van der Waals surface area contributed by atoms with Gasteiger partial charge < -0.3 is 14.7 Å². The first-order valence-electron chi connectivity index (χ1n) is 9.36. The highest BCUT2D eigenvalue weighted by Crippen LogP contribution is 2.28. The van der Waals surface area contributed by atoms with Crippen molar-refractivity contribution in [2.24, 2.45) is 0 Å². The number of nitrogens with one attached hydrogen (secondary N) is 2. The number of anilines is 1. The quantitative estimate of drug-likeness (QED) is 0.687. The predicted octanol–water partition coefficient (Wildman–Crippen LogP) is 3.35. The third-order valence-corrected chi connectivity index (χ3v) is 5.04. The van der Waals surface area contributed by atoms with E-state index in [0.717, 1.165) is 16.6 Å². The van der Waals surface area contributed by atoms with Crippen LogP contribution in [0.15, 0.2) is 42.6 Å². The molecule has 28 heavy (non-hydrogen) atoms. The number of amides is 2. The third-order valence-electron chi connectivity index (χ3n) is 5.04. The van der Waals surface area contributed by atoms with E-state index in [0.29, 0.717) is 12.4 Å². The number of ether oxygens (including phenoxy) is 1. The second kappa shape index (κ2) is 9.21. The number of benzene rings is 1. The van der Waals surface area contributed by atoms with Crippen LogP contribution in [-0.2, 0) is 9.39 Å². The maximum absolute atomic E-state index is 11.8. The van der Waals surface area contributed by atoms with Crippen LogP contribution < -0.4 is 16.1 Å². The van der Waals surface area contributed by atoms with Gasteiger partial charge in [0.15, 0.2) is 0 Å². The molecule has 1 aromatic heterocycles. The average Bonchev–Trinajstić information content (AvgIpc) is 2.67. The first-order valence-corrected chi connectivity index (χ1v) is 9.36. The van der Waals surface area contributed by atoms with Gasteiger partial charge in [-0.25, -0.2) is 9.78 Å². The van der Waals surface area contributed by atoms with Gasteiger partial charge >= 0.3 is 13.5 Å². The number of methoxy groups -OCH3 is 1. The van der Waals surface area contributed by atoms with E-state index in [1.807, 2.05) is 71.0 Å². The molecule has 2 rings (SSSR count). The molecule has 1 heterocycles. The molecule has 0 unspecified atom stereocenters. The highest BCUT2D eigenvalue weighted by Gasteiger charge is 2.38. The van der Waals surface area contributed by atoms with Crippen molar-refractivity contribution in [3.05, 3.63) is 42.6 Å². The molecule has 0 spiro atoms. The van der Waals surface area contributed by atoms with Crippen LogP contribution in [0.4, 0.5) is 10.6 Å². The Morgan fingerprint density at radius 3 is 2.43 bits per heavy atom. The minimum absolute atomic E-state index is 0.287. The third kappa shape index (κ3) is 5.33. The van der Waals surface area contributed by atoms with Gasteiger partial charge in [-0.3, -0.25) is 5.32 Å². The van der Waals surface area contributed by atoms with E-state index in [2.05, 4.69) is 15.6 Å². The van der Waals surface area contributed by atoms with Gasteiger partial charge in [0, 0.05) is 19.9 Å². The lowest BCUT2D eigenvalue weighted by Gasteiger charge is -2.40. The Kier molecular flexibility index (Phi) is 7.21. The lowest BCUT2D eigenvalue weighted by Crippen LogP contribution is -2.50. The summed E-state index contributed by atoms with van der Waals surface area (Å²) in [5.74, 6) is 0.471. The van der Waals surface area contributed by atoms with Crippen molar-refractivity contribution in [3.63, 3.8) is 0 Å². The second-order valence-electron chi connectivity index (χ2n) is 7.47. The number of nitrogens with zero attached hydrogens (tertiary/aromatic N) is 1. The van der Waals surface area contributed by atoms with E-state index < -0.39 is 11.2 Å². The van der Waals surface area contributed by atoms with Gasteiger partial charge in [-0.2, -0.15) is 0 Å². The largest absolute Gasteiger partial charge is 0.427 e. The van der Waals surface area contributed by atoms with Crippen LogP contribution in [0.5, 0.6) is 0 Å². The minimum Gasteiger partial charge on any atom is -0.427 e. The van der Waals surface area contributed by atoms with Crippen LogP contribution in [0.2, 0.25) is 0 Å². The average molecular weight is 382 g/mol. The summed E-state index contributed by atoms with van der Waals surface area (Å²) in [6, 6.07) is 11.5. The summed E-state index contributed by atoms with van der Waals surface area (Å²) in [5, 5.41) is 5.45. The molecule has 0 atom stereocenters. The van der Waals surface area contributed by atoms with Crippen molar-refractivity contribution in [1.82, 2.24) is 10.3 Å². The highest BCUT2D eigenvalue weighted by molar-refractivity contribution is 6.49. The summed E-state index contributed by atoms with van der Waals surface area (Å²) < 4.78 is 11.7. The van der Waals surface area contributed by atoms with Gasteiger partial charge in [0.25, 0.3) is 0 Å². The summed E-state index contributed by atoms with van der Waals surface area (Å²) in [6.45, 7) is 10.3. The Hall–Kier alpha value is -2.38. The van der Waals surface area contributed by atoms with Crippen molar-refractivity contribution in [2.75, 3.05) is 19.0 Å². The second-order valence-corrected chi connectivity index (χ2v) is 7.47. The summed E-state index contributed by atoms with van der Waals surface area (Å²) >= 11 is 0. The van der Waals surface area contributed by atoms with E-state index in [-0.39, 0.29) is 6.03 Å². The van der Waals surface area contributed by atoms with E-state index in [1.54, 1.807) is 20.8 Å². The normalized spacial score (nSPS) is 11.8. The molecule has 0 fully saturated rings. The maximum atomic E-state index is 11.8. The van der Waals surface area contributed by atoms with Gasteiger partial charge in [0.05, 0.1) is 11.2 Å². The number of hydrogen-bond acceptors (Lipinski definition) is 4. The fourth-order valence-corrected chi connectivity index (χ4v) is 2.42. The lowest BCUT2D eigenvalue weighted by atomic mass is 9.79. The van der Waals surface area contributed by atoms with Crippen molar-refractivity contribution >= 4 is 24.8 Å². The zero-order valence-electron chi connectivity index (χ0n) is 17.5. The number of carbonyl (C=O) groups excluding carboxylic acids is 1. The van der Waals surface area contributed by atoms with Crippen LogP contribution in [0.3, 0.4) is 0 Å². The first kappa shape index (κ1) is 21.9. The van der Waals surface area contributed by atoms with Gasteiger partial charge in [-0.05, 0) is 57.3 Å². The van der Waals surface area contributed by atoms with Crippen molar-refractivity contribution in [1.29, 1.82) is 0 Å². The number of aromatic nitrogens is 1. The van der Waals surface area contributed by atoms with E-state index in [1.165, 1.54) is 0 Å². The van der Waals surface area contributed by atoms with Crippen LogP contribution >= 0.6 is 0 Å². The smallest absolute Gasteiger partial charge is 0.333 e. The van der Waals surface area contributed by atoms with Gasteiger partial charge in [0.1, 0.15) is 5.82 Å². The molecule has 0 aliphatic carbocycles. The molecular weight excluding hydrogens is 353 g/mol. The maximum Gasteiger partial charge on any atom is 0.333 e. The Morgan fingerprint density at radius 1 is 1.14 bits per heavy atom. The Bertz CT molecular complexity index is 795. The van der Waals surface area contributed by atoms with Crippen LogP contribution in [0, 0.1) is 0 Å². The fourth-order valence-electron chi connectivity index (χ4n) is 2.42. The van der Waals surface area contributed by atoms with Gasteiger partial charge in [0.2, 0.25) is 0 Å². The molecule has 0 bridgehead atoms. The predicted molar refractivity (Wildman–Crippen MR) is 114 cm³/mol. The van der Waals surface area contributed by atoms with Crippen LogP contribution in [0.25, 0.3) is 11.1 Å². The summed E-state index contributed by atoms with van der Waals surface area (Å²) in [5.41, 5.74) is 1.68. The molecule has 0 aliphatic rings. The van der Waals surface area contributed by atoms with Crippen molar-refractivity contribution in [2.45, 2.75) is 45.8 Å². The zero-order chi connectivity index (χ0) is 20.8. The Morgan fingerprint density at radius 2 is 1.82 bits per heavy atom. The number of pyridine rings is 1.